The highest BCUT2D eigenvalue weighted by atomic mass is 16.6. The Morgan fingerprint density at radius 2 is 2.00 bits per heavy atom. The van der Waals surface area contributed by atoms with Gasteiger partial charge in [0, 0.05) is 0 Å². The largest absolute Gasteiger partial charge is 0.504 e. The van der Waals surface area contributed by atoms with Crippen molar-refractivity contribution < 1.29 is 19.0 Å². The second kappa shape index (κ2) is 7.16. The molecule has 1 aromatic rings. The standard InChI is InChI=1S/C17H24O4/c1-7-20-16(18)17(4,5)21-15-9-8-14(10-12(15)2)13(3)11-19-6/h8-11H,7H2,1-6H3. The number of allylic oxidation sites excluding steroid dienone is 1. The molecule has 0 unspecified atom stereocenters. The number of aryl methyl sites for hydroxylation is 1. The molecule has 0 atom stereocenters. The second-order valence-electron chi connectivity index (χ2n) is 5.35. The summed E-state index contributed by atoms with van der Waals surface area (Å²) < 4.78 is 15.9. The Kier molecular flexibility index (Phi) is 5.82. The van der Waals surface area contributed by atoms with Crippen LogP contribution in [0.25, 0.3) is 5.57 Å². The molecule has 4 heteroatoms. The zero-order valence-electron chi connectivity index (χ0n) is 13.6. The fourth-order valence-corrected chi connectivity index (χ4v) is 1.88. The van der Waals surface area contributed by atoms with Crippen LogP contribution in [-0.2, 0) is 14.3 Å². The lowest BCUT2D eigenvalue weighted by atomic mass is 10.0. The first-order valence-electron chi connectivity index (χ1n) is 6.98. The van der Waals surface area contributed by atoms with Crippen molar-refractivity contribution in [3.8, 4) is 5.75 Å². The van der Waals surface area contributed by atoms with Gasteiger partial charge in [0.25, 0.3) is 0 Å². The molecule has 0 N–H and O–H groups in total. The van der Waals surface area contributed by atoms with Crippen molar-refractivity contribution in [2.75, 3.05) is 13.7 Å². The predicted octanol–water partition coefficient (Wildman–Crippen LogP) is 3.72. The number of rotatable bonds is 6. The number of carbonyl (C=O) groups excluding carboxylic acids is 1. The Hall–Kier alpha value is -1.97. The first kappa shape index (κ1) is 17.1. The van der Waals surface area contributed by atoms with Crippen molar-refractivity contribution in [3.05, 3.63) is 35.6 Å². The van der Waals surface area contributed by atoms with Crippen LogP contribution in [0.1, 0.15) is 38.8 Å². The van der Waals surface area contributed by atoms with Gasteiger partial charge in [-0.1, -0.05) is 6.07 Å². The van der Waals surface area contributed by atoms with E-state index in [4.69, 9.17) is 14.2 Å². The van der Waals surface area contributed by atoms with E-state index in [0.29, 0.717) is 12.4 Å². The zero-order valence-corrected chi connectivity index (χ0v) is 13.6. The molecule has 0 aliphatic heterocycles. The number of benzene rings is 1. The van der Waals surface area contributed by atoms with E-state index in [1.807, 2.05) is 32.0 Å². The number of methoxy groups -OCH3 is 1. The second-order valence-corrected chi connectivity index (χ2v) is 5.35. The number of ether oxygens (including phenoxy) is 3. The van der Waals surface area contributed by atoms with E-state index in [-0.39, 0.29) is 5.97 Å². The van der Waals surface area contributed by atoms with E-state index in [1.165, 1.54) is 0 Å². The number of hydrogen-bond donors (Lipinski definition) is 0. The zero-order chi connectivity index (χ0) is 16.0. The van der Waals surface area contributed by atoms with Crippen LogP contribution in [0.15, 0.2) is 24.5 Å². The van der Waals surface area contributed by atoms with Crippen molar-refractivity contribution in [3.63, 3.8) is 0 Å². The molecular formula is C17H24O4. The highest BCUT2D eigenvalue weighted by Gasteiger charge is 2.32. The highest BCUT2D eigenvalue weighted by Crippen LogP contribution is 2.27. The predicted molar refractivity (Wildman–Crippen MR) is 83.2 cm³/mol. The minimum absolute atomic E-state index is 0.338. The van der Waals surface area contributed by atoms with Crippen molar-refractivity contribution >= 4 is 11.5 Å². The van der Waals surface area contributed by atoms with Crippen molar-refractivity contribution in [2.45, 2.75) is 40.2 Å². The molecule has 0 aliphatic carbocycles. The molecule has 0 fully saturated rings. The summed E-state index contributed by atoms with van der Waals surface area (Å²) in [6, 6.07) is 5.80. The maximum absolute atomic E-state index is 11.9. The molecule has 0 heterocycles. The summed E-state index contributed by atoms with van der Waals surface area (Å²) in [7, 11) is 1.62. The van der Waals surface area contributed by atoms with E-state index in [0.717, 1.165) is 16.7 Å². The number of hydrogen-bond acceptors (Lipinski definition) is 4. The van der Waals surface area contributed by atoms with E-state index >= 15 is 0 Å². The van der Waals surface area contributed by atoms with E-state index in [9.17, 15) is 4.79 Å². The highest BCUT2D eigenvalue weighted by molar-refractivity contribution is 5.79. The molecule has 0 saturated heterocycles. The van der Waals surface area contributed by atoms with E-state index < -0.39 is 5.60 Å². The fraction of sp³-hybridized carbons (Fsp3) is 0.471. The van der Waals surface area contributed by atoms with Gasteiger partial charge in [0.15, 0.2) is 5.60 Å². The fourth-order valence-electron chi connectivity index (χ4n) is 1.88. The van der Waals surface area contributed by atoms with Crippen molar-refractivity contribution in [2.24, 2.45) is 0 Å². The van der Waals surface area contributed by atoms with Gasteiger partial charge in [-0.3, -0.25) is 0 Å². The summed E-state index contributed by atoms with van der Waals surface area (Å²) >= 11 is 0. The average Bonchev–Trinajstić information content (AvgIpc) is 2.41. The summed E-state index contributed by atoms with van der Waals surface area (Å²) in [6.07, 6.45) is 1.69. The third-order valence-electron chi connectivity index (χ3n) is 3.06. The van der Waals surface area contributed by atoms with E-state index in [2.05, 4.69) is 0 Å². The maximum Gasteiger partial charge on any atom is 0.349 e. The lowest BCUT2D eigenvalue weighted by molar-refractivity contribution is -0.158. The topological polar surface area (TPSA) is 44.8 Å². The van der Waals surface area contributed by atoms with Gasteiger partial charge in [0.05, 0.1) is 20.0 Å². The molecule has 0 spiro atoms. The SMILES string of the molecule is CCOC(=O)C(C)(C)Oc1ccc(C(C)=COC)cc1C. The summed E-state index contributed by atoms with van der Waals surface area (Å²) in [5.41, 5.74) is 2.01. The quantitative estimate of drug-likeness (QED) is 0.592. The molecule has 21 heavy (non-hydrogen) atoms. The third-order valence-corrected chi connectivity index (χ3v) is 3.06. The molecule has 4 nitrogen and oxygen atoms in total. The Balaban J connectivity index is 2.96. The molecule has 0 bridgehead atoms. The first-order valence-corrected chi connectivity index (χ1v) is 6.98. The average molecular weight is 292 g/mol. The van der Waals surface area contributed by atoms with Crippen molar-refractivity contribution in [1.82, 2.24) is 0 Å². The minimum atomic E-state index is -1.01. The number of esters is 1. The lowest BCUT2D eigenvalue weighted by Crippen LogP contribution is -2.39. The summed E-state index contributed by atoms with van der Waals surface area (Å²) in [4.78, 5) is 11.9. The molecule has 0 amide bonds. The molecule has 1 rings (SSSR count). The van der Waals surface area contributed by atoms with Gasteiger partial charge in [-0.2, -0.15) is 0 Å². The van der Waals surface area contributed by atoms with Gasteiger partial charge in [-0.05, 0) is 63.5 Å². The molecule has 0 radical (unpaired) electrons. The Bertz CT molecular complexity index is 530. The van der Waals surface area contributed by atoms with Crippen LogP contribution in [0.5, 0.6) is 5.75 Å². The number of carbonyl (C=O) groups is 1. The Morgan fingerprint density at radius 1 is 1.33 bits per heavy atom. The van der Waals surface area contributed by atoms with Crippen LogP contribution >= 0.6 is 0 Å². The van der Waals surface area contributed by atoms with Crippen LogP contribution in [-0.4, -0.2) is 25.3 Å². The first-order chi connectivity index (χ1) is 9.81. The van der Waals surface area contributed by atoms with Crippen LogP contribution < -0.4 is 4.74 Å². The van der Waals surface area contributed by atoms with Gasteiger partial charge in [-0.25, -0.2) is 4.79 Å². The molecule has 1 aromatic carbocycles. The molecule has 0 saturated carbocycles. The van der Waals surface area contributed by atoms with Crippen molar-refractivity contribution in [1.29, 1.82) is 0 Å². The van der Waals surface area contributed by atoms with Gasteiger partial charge in [0.2, 0.25) is 0 Å². The third kappa shape index (κ3) is 4.52. The molecule has 116 valence electrons. The lowest BCUT2D eigenvalue weighted by Gasteiger charge is -2.25. The Morgan fingerprint density at radius 3 is 2.52 bits per heavy atom. The smallest absolute Gasteiger partial charge is 0.349 e. The van der Waals surface area contributed by atoms with Gasteiger partial charge in [-0.15, -0.1) is 0 Å². The monoisotopic (exact) mass is 292 g/mol. The normalized spacial score (nSPS) is 12.0. The molecular weight excluding hydrogens is 268 g/mol. The van der Waals surface area contributed by atoms with Crippen LogP contribution in [0, 0.1) is 6.92 Å². The summed E-state index contributed by atoms with van der Waals surface area (Å²) in [5, 5.41) is 0. The van der Waals surface area contributed by atoms with E-state index in [1.54, 1.807) is 34.1 Å². The van der Waals surface area contributed by atoms with Crippen LogP contribution in [0.3, 0.4) is 0 Å². The molecule has 0 aliphatic rings. The van der Waals surface area contributed by atoms with Gasteiger partial charge < -0.3 is 14.2 Å². The molecule has 0 aromatic heterocycles. The van der Waals surface area contributed by atoms with Gasteiger partial charge in [0.1, 0.15) is 5.75 Å². The summed E-state index contributed by atoms with van der Waals surface area (Å²) in [6.45, 7) is 9.44. The Labute approximate surface area is 126 Å². The summed E-state index contributed by atoms with van der Waals surface area (Å²) in [5.74, 6) is 0.297. The van der Waals surface area contributed by atoms with Crippen LogP contribution in [0.2, 0.25) is 0 Å². The van der Waals surface area contributed by atoms with Crippen LogP contribution in [0.4, 0.5) is 0 Å². The van der Waals surface area contributed by atoms with Gasteiger partial charge >= 0.3 is 5.97 Å². The maximum atomic E-state index is 11.9. The minimum Gasteiger partial charge on any atom is -0.504 e.